The predicted molar refractivity (Wildman–Crippen MR) is 74.4 cm³/mol. The van der Waals surface area contributed by atoms with E-state index in [1.165, 1.54) is 19.3 Å². The maximum Gasteiger partial charge on any atom is 0.145 e. The van der Waals surface area contributed by atoms with Gasteiger partial charge in [-0.2, -0.15) is 0 Å². The van der Waals surface area contributed by atoms with Crippen molar-refractivity contribution in [1.82, 2.24) is 0 Å². The van der Waals surface area contributed by atoms with Crippen LogP contribution in [-0.2, 0) is 6.42 Å². The molecule has 1 saturated carbocycles. The molecule has 0 heterocycles. The van der Waals surface area contributed by atoms with Crippen molar-refractivity contribution < 1.29 is 4.39 Å². The van der Waals surface area contributed by atoms with Gasteiger partial charge < -0.3 is 5.73 Å². The standard InChI is InChI=1S/C15H21ClFN/c16-13-8-6-7-12(14(13)17)11-15(18)9-4-2-1-3-5-10-15/h6-8H,1-5,9-11,18H2. The van der Waals surface area contributed by atoms with Crippen molar-refractivity contribution in [2.24, 2.45) is 5.73 Å². The first-order valence-electron chi connectivity index (χ1n) is 6.82. The molecule has 1 aromatic carbocycles. The summed E-state index contributed by atoms with van der Waals surface area (Å²) >= 11 is 5.82. The largest absolute Gasteiger partial charge is 0.325 e. The molecule has 1 nitrogen and oxygen atoms in total. The molecule has 0 atom stereocenters. The fourth-order valence-electron chi connectivity index (χ4n) is 2.85. The van der Waals surface area contributed by atoms with Gasteiger partial charge in [0, 0.05) is 5.54 Å². The number of nitrogens with two attached hydrogens (primary N) is 1. The van der Waals surface area contributed by atoms with Crippen molar-refractivity contribution >= 4 is 11.6 Å². The lowest BCUT2D eigenvalue weighted by Crippen LogP contribution is -2.42. The van der Waals surface area contributed by atoms with E-state index in [0.29, 0.717) is 12.0 Å². The van der Waals surface area contributed by atoms with Crippen LogP contribution >= 0.6 is 11.6 Å². The van der Waals surface area contributed by atoms with E-state index >= 15 is 0 Å². The van der Waals surface area contributed by atoms with Gasteiger partial charge in [0.1, 0.15) is 5.82 Å². The highest BCUT2D eigenvalue weighted by atomic mass is 35.5. The van der Waals surface area contributed by atoms with Gasteiger partial charge in [0.15, 0.2) is 0 Å². The molecule has 2 N–H and O–H groups in total. The van der Waals surface area contributed by atoms with Crippen LogP contribution in [0.5, 0.6) is 0 Å². The summed E-state index contributed by atoms with van der Waals surface area (Å²) in [6, 6.07) is 5.18. The van der Waals surface area contributed by atoms with E-state index in [1.807, 2.05) is 0 Å². The van der Waals surface area contributed by atoms with Crippen LogP contribution < -0.4 is 5.73 Å². The number of hydrogen-bond acceptors (Lipinski definition) is 1. The minimum atomic E-state index is -0.300. The number of rotatable bonds is 2. The van der Waals surface area contributed by atoms with Gasteiger partial charge >= 0.3 is 0 Å². The summed E-state index contributed by atoms with van der Waals surface area (Å²) in [5.74, 6) is -0.300. The van der Waals surface area contributed by atoms with Crippen LogP contribution in [-0.4, -0.2) is 5.54 Å². The summed E-state index contributed by atoms with van der Waals surface area (Å²) in [5.41, 5.74) is 6.87. The first-order chi connectivity index (χ1) is 8.61. The molecule has 0 radical (unpaired) electrons. The maximum atomic E-state index is 13.9. The summed E-state index contributed by atoms with van der Waals surface area (Å²) in [5, 5.41) is 0.196. The second-order valence-corrected chi connectivity index (χ2v) is 5.93. The molecule has 0 spiro atoms. The highest BCUT2D eigenvalue weighted by molar-refractivity contribution is 6.30. The van der Waals surface area contributed by atoms with Crippen molar-refractivity contribution in [1.29, 1.82) is 0 Å². The molecule has 1 fully saturated rings. The third-order valence-electron chi connectivity index (χ3n) is 3.92. The fourth-order valence-corrected chi connectivity index (χ4v) is 3.04. The van der Waals surface area contributed by atoms with Crippen LogP contribution in [0.15, 0.2) is 18.2 Å². The number of hydrogen-bond donors (Lipinski definition) is 1. The van der Waals surface area contributed by atoms with Crippen molar-refractivity contribution in [3.8, 4) is 0 Å². The molecule has 0 aromatic heterocycles. The van der Waals surface area contributed by atoms with E-state index in [0.717, 1.165) is 25.7 Å². The average molecular weight is 270 g/mol. The Morgan fingerprint density at radius 3 is 2.39 bits per heavy atom. The smallest absolute Gasteiger partial charge is 0.145 e. The van der Waals surface area contributed by atoms with Crippen LogP contribution in [0, 0.1) is 5.82 Å². The Kier molecular flexibility index (Phi) is 4.63. The quantitative estimate of drug-likeness (QED) is 0.843. The number of halogens is 2. The van der Waals surface area contributed by atoms with Gasteiger partial charge in [-0.1, -0.05) is 55.8 Å². The minimum Gasteiger partial charge on any atom is -0.325 e. The highest BCUT2D eigenvalue weighted by Gasteiger charge is 2.27. The van der Waals surface area contributed by atoms with Gasteiger partial charge in [-0.05, 0) is 30.9 Å². The van der Waals surface area contributed by atoms with Crippen molar-refractivity contribution in [3.63, 3.8) is 0 Å². The molecule has 3 heteroatoms. The molecule has 18 heavy (non-hydrogen) atoms. The minimum absolute atomic E-state index is 0.196. The van der Waals surface area contributed by atoms with Crippen LogP contribution in [0.3, 0.4) is 0 Å². The fraction of sp³-hybridized carbons (Fsp3) is 0.600. The molecule has 1 aromatic rings. The van der Waals surface area contributed by atoms with Gasteiger partial charge in [0.2, 0.25) is 0 Å². The van der Waals surface area contributed by atoms with E-state index in [2.05, 4.69) is 0 Å². The van der Waals surface area contributed by atoms with Crippen LogP contribution in [0.25, 0.3) is 0 Å². The molecule has 0 saturated heterocycles. The van der Waals surface area contributed by atoms with E-state index in [4.69, 9.17) is 17.3 Å². The summed E-state index contributed by atoms with van der Waals surface area (Å²) in [6.45, 7) is 0. The molecule has 0 bridgehead atoms. The summed E-state index contributed by atoms with van der Waals surface area (Å²) in [7, 11) is 0. The van der Waals surface area contributed by atoms with E-state index in [1.54, 1.807) is 18.2 Å². The topological polar surface area (TPSA) is 26.0 Å². The molecule has 1 aliphatic carbocycles. The zero-order valence-electron chi connectivity index (χ0n) is 10.7. The number of benzene rings is 1. The third kappa shape index (κ3) is 3.46. The van der Waals surface area contributed by atoms with Gasteiger partial charge in [-0.3, -0.25) is 0 Å². The Morgan fingerprint density at radius 1 is 1.11 bits per heavy atom. The average Bonchev–Trinajstić information content (AvgIpc) is 2.31. The molecule has 2 rings (SSSR count). The molecule has 1 aliphatic rings. The van der Waals surface area contributed by atoms with Gasteiger partial charge in [0.25, 0.3) is 0 Å². The summed E-state index contributed by atoms with van der Waals surface area (Å²) < 4.78 is 13.9. The molecule has 0 unspecified atom stereocenters. The monoisotopic (exact) mass is 269 g/mol. The lowest BCUT2D eigenvalue weighted by atomic mass is 9.80. The van der Waals surface area contributed by atoms with E-state index in [9.17, 15) is 4.39 Å². The second kappa shape index (κ2) is 6.03. The molecule has 0 amide bonds. The van der Waals surface area contributed by atoms with Gasteiger partial charge in [-0.25, -0.2) is 4.39 Å². The van der Waals surface area contributed by atoms with Crippen molar-refractivity contribution in [2.75, 3.05) is 0 Å². The lowest BCUT2D eigenvalue weighted by molar-refractivity contribution is 0.311. The van der Waals surface area contributed by atoms with Crippen molar-refractivity contribution in [2.45, 2.75) is 56.9 Å². The summed E-state index contributed by atoms with van der Waals surface area (Å²) in [6.07, 6.45) is 8.67. The van der Waals surface area contributed by atoms with Crippen LogP contribution in [0.4, 0.5) is 4.39 Å². The summed E-state index contributed by atoms with van der Waals surface area (Å²) in [4.78, 5) is 0. The molecule has 0 aliphatic heterocycles. The highest BCUT2D eigenvalue weighted by Crippen LogP contribution is 2.29. The molecular formula is C15H21ClFN. The Balaban J connectivity index is 2.12. The maximum absolute atomic E-state index is 13.9. The Morgan fingerprint density at radius 2 is 1.72 bits per heavy atom. The normalized spacial score (nSPS) is 20.2. The molecular weight excluding hydrogens is 249 g/mol. The van der Waals surface area contributed by atoms with Crippen molar-refractivity contribution in [3.05, 3.63) is 34.6 Å². The first-order valence-corrected chi connectivity index (χ1v) is 7.20. The van der Waals surface area contributed by atoms with Crippen LogP contribution in [0.2, 0.25) is 5.02 Å². The van der Waals surface area contributed by atoms with Gasteiger partial charge in [0.05, 0.1) is 5.02 Å². The SMILES string of the molecule is NC1(Cc2cccc(Cl)c2F)CCCCCCC1. The Bertz CT molecular complexity index is 397. The third-order valence-corrected chi connectivity index (χ3v) is 4.22. The lowest BCUT2D eigenvalue weighted by Gasteiger charge is -2.31. The second-order valence-electron chi connectivity index (χ2n) is 5.52. The van der Waals surface area contributed by atoms with E-state index < -0.39 is 0 Å². The van der Waals surface area contributed by atoms with E-state index in [-0.39, 0.29) is 16.4 Å². The first kappa shape index (κ1) is 13.8. The zero-order valence-corrected chi connectivity index (χ0v) is 11.5. The molecule has 100 valence electrons. The Hall–Kier alpha value is -0.600. The Labute approximate surface area is 114 Å². The van der Waals surface area contributed by atoms with Gasteiger partial charge in [-0.15, -0.1) is 0 Å². The predicted octanol–water partition coefficient (Wildman–Crippen LogP) is 4.46. The zero-order chi connectivity index (χ0) is 13.0. The van der Waals surface area contributed by atoms with Crippen LogP contribution in [0.1, 0.15) is 50.5 Å².